The predicted molar refractivity (Wildman–Crippen MR) is 165 cm³/mol. The van der Waals surface area contributed by atoms with E-state index in [0.717, 1.165) is 0 Å². The first kappa shape index (κ1) is 27.8. The van der Waals surface area contributed by atoms with Crippen molar-refractivity contribution in [1.29, 1.82) is 0 Å². The van der Waals surface area contributed by atoms with Gasteiger partial charge in [-0.2, -0.15) is 0 Å². The van der Waals surface area contributed by atoms with E-state index in [9.17, 15) is 4.79 Å². The highest BCUT2D eigenvalue weighted by Gasteiger charge is 2.24. The molecule has 0 aliphatic carbocycles. The summed E-state index contributed by atoms with van der Waals surface area (Å²) in [6.07, 6.45) is 0. The van der Waals surface area contributed by atoms with Gasteiger partial charge in [0.25, 0.3) is 5.56 Å². The molecule has 192 valence electrons. The molecule has 0 aliphatic rings. The van der Waals surface area contributed by atoms with E-state index < -0.39 is 5.56 Å². The van der Waals surface area contributed by atoms with Crippen molar-refractivity contribution < 1.29 is 0 Å². The lowest BCUT2D eigenvalue weighted by Crippen LogP contribution is -2.13. The topological polar surface area (TPSA) is 44.9 Å². The van der Waals surface area contributed by atoms with Crippen LogP contribution in [0.25, 0.3) is 33.2 Å². The van der Waals surface area contributed by atoms with Gasteiger partial charge < -0.3 is 10.3 Å². The highest BCUT2D eigenvalue weighted by atomic mass is 35.5. The van der Waals surface area contributed by atoms with Crippen LogP contribution < -0.4 is 10.9 Å². The Morgan fingerprint density at radius 3 is 1.79 bits per heavy atom. The zero-order valence-electron chi connectivity index (χ0n) is 18.7. The van der Waals surface area contributed by atoms with Crippen molar-refractivity contribution in [3.8, 4) is 22.3 Å². The van der Waals surface area contributed by atoms with Gasteiger partial charge in [-0.05, 0) is 60.7 Å². The van der Waals surface area contributed by atoms with Gasteiger partial charge in [0.2, 0.25) is 0 Å². The van der Waals surface area contributed by atoms with Gasteiger partial charge in [0.05, 0.1) is 37.5 Å². The fourth-order valence-electron chi connectivity index (χ4n) is 4.10. The molecule has 5 rings (SSSR count). The number of nitrogens with one attached hydrogen (secondary N) is 2. The normalized spacial score (nSPS) is 11.3. The third-order valence-corrected chi connectivity index (χ3v) is 8.17. The van der Waals surface area contributed by atoms with E-state index in [1.165, 1.54) is 0 Å². The summed E-state index contributed by atoms with van der Waals surface area (Å²) >= 11 is 52.1. The second-order valence-corrected chi connectivity index (χ2v) is 11.5. The molecular weight excluding hydrogens is 652 g/mol. The number of rotatable bonds is 4. The van der Waals surface area contributed by atoms with Crippen molar-refractivity contribution in [3.63, 3.8) is 0 Å². The summed E-state index contributed by atoms with van der Waals surface area (Å²) in [5.41, 5.74) is 2.06. The number of benzene rings is 4. The Hall–Kier alpha value is -1.79. The van der Waals surface area contributed by atoms with E-state index in [1.807, 2.05) is 0 Å². The monoisotopic (exact) mass is 660 g/mol. The minimum Gasteiger partial charge on any atom is -0.353 e. The van der Waals surface area contributed by atoms with E-state index in [1.54, 1.807) is 60.7 Å². The molecule has 4 aromatic carbocycles. The number of hydrogen-bond donors (Lipinski definition) is 2. The molecule has 0 saturated carbocycles. The quantitative estimate of drug-likeness (QED) is 0.201. The number of pyridine rings is 1. The molecule has 2 N–H and O–H groups in total. The highest BCUT2D eigenvalue weighted by Crippen LogP contribution is 2.47. The van der Waals surface area contributed by atoms with Gasteiger partial charge in [0.1, 0.15) is 0 Å². The summed E-state index contributed by atoms with van der Waals surface area (Å²) in [5, 5.41) is 6.37. The lowest BCUT2D eigenvalue weighted by molar-refractivity contribution is 1.30. The van der Waals surface area contributed by atoms with Crippen molar-refractivity contribution >= 4 is 115 Å². The van der Waals surface area contributed by atoms with Crippen LogP contribution in [-0.2, 0) is 0 Å². The average molecular weight is 664 g/mol. The summed E-state index contributed by atoms with van der Waals surface area (Å²) in [6, 6.07) is 16.3. The summed E-state index contributed by atoms with van der Waals surface area (Å²) in [7, 11) is 0. The summed E-state index contributed by atoms with van der Waals surface area (Å²) in [4.78, 5) is 16.4. The van der Waals surface area contributed by atoms with Gasteiger partial charge in [0, 0.05) is 47.2 Å². The lowest BCUT2D eigenvalue weighted by atomic mass is 9.97. The van der Waals surface area contributed by atoms with Crippen LogP contribution in [0, 0.1) is 0 Å². The Kier molecular flexibility index (Phi) is 8.04. The molecule has 1 heterocycles. The molecule has 0 atom stereocenters. The fourth-order valence-corrected chi connectivity index (χ4v) is 5.81. The van der Waals surface area contributed by atoms with Gasteiger partial charge in [0.15, 0.2) is 0 Å². The average Bonchev–Trinajstić information content (AvgIpc) is 2.87. The molecule has 0 spiro atoms. The van der Waals surface area contributed by atoms with E-state index >= 15 is 0 Å². The van der Waals surface area contributed by atoms with Crippen LogP contribution in [0.2, 0.25) is 40.2 Å². The maximum Gasteiger partial charge on any atom is 0.258 e. The fraction of sp³-hybridized carbons (Fsp3) is 0. The van der Waals surface area contributed by atoms with Gasteiger partial charge in [-0.1, -0.05) is 92.8 Å². The SMILES string of the molecule is O=c1[nH]c2c(Cl)cc(-c3cc(Cl)ccc3Cl)c(Cl)c2c(Nc2cc(Cl)ccc2Cl)c1-c1cc(Cl)ccc1Cl. The highest BCUT2D eigenvalue weighted by molar-refractivity contribution is 6.45. The molecular formula is C27H12Cl8N2O. The molecule has 0 aliphatic heterocycles. The van der Waals surface area contributed by atoms with Crippen molar-refractivity contribution in [2.24, 2.45) is 0 Å². The number of aromatic amines is 1. The minimum atomic E-state index is -0.492. The number of hydrogen-bond acceptors (Lipinski definition) is 2. The Balaban J connectivity index is 1.95. The number of halogens is 8. The predicted octanol–water partition coefficient (Wildman–Crippen LogP) is 11.8. The Morgan fingerprint density at radius 2 is 1.13 bits per heavy atom. The first-order valence-electron chi connectivity index (χ1n) is 10.8. The van der Waals surface area contributed by atoms with Crippen LogP contribution in [0.3, 0.4) is 0 Å². The largest absolute Gasteiger partial charge is 0.353 e. The Morgan fingerprint density at radius 1 is 0.579 bits per heavy atom. The van der Waals surface area contributed by atoms with Crippen molar-refractivity contribution in [1.82, 2.24) is 4.98 Å². The first-order valence-corrected chi connectivity index (χ1v) is 13.8. The molecule has 38 heavy (non-hydrogen) atoms. The molecule has 0 bridgehead atoms. The summed E-state index contributed by atoms with van der Waals surface area (Å²) in [6.45, 7) is 0. The molecule has 0 amide bonds. The second kappa shape index (κ2) is 11.0. The van der Waals surface area contributed by atoms with Crippen molar-refractivity contribution in [2.45, 2.75) is 0 Å². The molecule has 11 heteroatoms. The maximum absolute atomic E-state index is 13.6. The van der Waals surface area contributed by atoms with Gasteiger partial charge in [-0.3, -0.25) is 4.79 Å². The van der Waals surface area contributed by atoms with Crippen LogP contribution in [0.5, 0.6) is 0 Å². The Labute approximate surface area is 257 Å². The smallest absolute Gasteiger partial charge is 0.258 e. The molecule has 0 radical (unpaired) electrons. The van der Waals surface area contributed by atoms with Crippen molar-refractivity contribution in [2.75, 3.05) is 5.32 Å². The summed E-state index contributed by atoms with van der Waals surface area (Å²) in [5.74, 6) is 0. The van der Waals surface area contributed by atoms with E-state index in [2.05, 4.69) is 10.3 Å². The van der Waals surface area contributed by atoms with E-state index in [4.69, 9.17) is 92.8 Å². The Bertz CT molecular complexity index is 1820. The lowest BCUT2D eigenvalue weighted by Gasteiger charge is -2.20. The number of H-pyrrole nitrogens is 1. The van der Waals surface area contributed by atoms with Crippen LogP contribution >= 0.6 is 92.8 Å². The van der Waals surface area contributed by atoms with Gasteiger partial charge in [-0.15, -0.1) is 0 Å². The van der Waals surface area contributed by atoms with Crippen LogP contribution in [0.1, 0.15) is 0 Å². The van der Waals surface area contributed by atoms with Crippen LogP contribution in [-0.4, -0.2) is 4.98 Å². The molecule has 0 unspecified atom stereocenters. The number of fused-ring (bicyclic) bond motifs is 1. The third kappa shape index (κ3) is 5.20. The second-order valence-electron chi connectivity index (χ2n) is 8.17. The van der Waals surface area contributed by atoms with Gasteiger partial charge >= 0.3 is 0 Å². The van der Waals surface area contributed by atoms with Gasteiger partial charge in [-0.25, -0.2) is 0 Å². The molecule has 3 nitrogen and oxygen atoms in total. The zero-order valence-corrected chi connectivity index (χ0v) is 24.8. The van der Waals surface area contributed by atoms with Crippen molar-refractivity contribution in [3.05, 3.63) is 111 Å². The van der Waals surface area contributed by atoms with Crippen LogP contribution in [0.15, 0.2) is 65.5 Å². The number of aromatic nitrogens is 1. The summed E-state index contributed by atoms with van der Waals surface area (Å²) < 4.78 is 0. The first-order chi connectivity index (χ1) is 18.0. The minimum absolute atomic E-state index is 0.161. The molecule has 0 fully saturated rings. The van der Waals surface area contributed by atoms with E-state index in [-0.39, 0.29) is 31.8 Å². The van der Waals surface area contributed by atoms with E-state index in [0.29, 0.717) is 52.9 Å². The molecule has 0 saturated heterocycles. The third-order valence-electron chi connectivity index (χ3n) is 5.79. The zero-order chi connectivity index (χ0) is 27.3. The standard InChI is InChI=1S/C27H12Cl8N2O/c28-11-1-4-17(31)14(7-11)15-10-20(34)25-23(24(15)35)26(36-21-9-13(30)3-6-19(21)33)22(27(38)37-25)16-8-12(29)2-5-18(16)32/h1-10H,(H2,36,37,38). The van der Waals surface area contributed by atoms with Crippen LogP contribution in [0.4, 0.5) is 11.4 Å². The number of anilines is 2. The molecule has 5 aromatic rings. The molecule has 1 aromatic heterocycles. The maximum atomic E-state index is 13.6.